The lowest BCUT2D eigenvalue weighted by atomic mass is 9.86. The first kappa shape index (κ1) is 17.4. The lowest BCUT2D eigenvalue weighted by Crippen LogP contribution is -2.32. The zero-order valence-corrected chi connectivity index (χ0v) is 16.6. The van der Waals surface area contributed by atoms with Gasteiger partial charge in [0.2, 0.25) is 0 Å². The molecule has 1 aliphatic carbocycles. The minimum atomic E-state index is 0.156. The number of benzene rings is 1. The van der Waals surface area contributed by atoms with Crippen LogP contribution in [0.3, 0.4) is 0 Å². The Balaban J connectivity index is 1.64. The number of pyridine rings is 1. The van der Waals surface area contributed by atoms with Crippen molar-refractivity contribution in [3.8, 4) is 11.3 Å². The monoisotopic (exact) mass is 374 g/mol. The Hall–Kier alpha value is -2.69. The van der Waals surface area contributed by atoms with Crippen molar-refractivity contribution in [1.29, 1.82) is 0 Å². The zero-order chi connectivity index (χ0) is 19.3. The molecule has 3 aromatic rings. The Bertz CT molecular complexity index is 1050. The molecule has 0 atom stereocenters. The fourth-order valence-corrected chi connectivity index (χ4v) is 5.21. The fraction of sp³-hybridized carbons (Fsp3) is 0.435. The summed E-state index contributed by atoms with van der Waals surface area (Å²) < 4.78 is 0. The van der Waals surface area contributed by atoms with Crippen molar-refractivity contribution in [3.05, 3.63) is 47.3 Å². The molecule has 1 saturated heterocycles. The predicted octanol–water partition coefficient (Wildman–Crippen LogP) is 4.65. The highest BCUT2D eigenvalue weighted by atomic mass is 16.2. The molecule has 1 amide bonds. The van der Waals surface area contributed by atoms with Crippen LogP contribution in [0.25, 0.3) is 22.2 Å². The van der Waals surface area contributed by atoms with E-state index in [2.05, 4.69) is 34.2 Å². The number of H-pyrrole nitrogens is 1. The summed E-state index contributed by atoms with van der Waals surface area (Å²) in [6.07, 6.45) is 9.92. The summed E-state index contributed by atoms with van der Waals surface area (Å²) >= 11 is 0. The highest BCUT2D eigenvalue weighted by Crippen LogP contribution is 2.46. The maximum atomic E-state index is 13.7. The van der Waals surface area contributed by atoms with E-state index in [9.17, 15) is 4.79 Å². The summed E-state index contributed by atoms with van der Waals surface area (Å²) in [6.45, 7) is 5.86. The first-order valence-electron chi connectivity index (χ1n) is 10.3. The molecule has 1 spiro atoms. The van der Waals surface area contributed by atoms with Gasteiger partial charge in [-0.15, -0.1) is 0 Å². The van der Waals surface area contributed by atoms with Crippen LogP contribution in [0.1, 0.15) is 53.6 Å². The Morgan fingerprint density at radius 2 is 2.00 bits per heavy atom. The van der Waals surface area contributed by atoms with Crippen molar-refractivity contribution in [3.63, 3.8) is 0 Å². The number of hydrogen-bond donors (Lipinski definition) is 1. The van der Waals surface area contributed by atoms with Crippen molar-refractivity contribution < 1.29 is 4.79 Å². The molecule has 0 bridgehead atoms. The van der Waals surface area contributed by atoms with Crippen LogP contribution in [0, 0.1) is 19.3 Å². The third kappa shape index (κ3) is 2.72. The molecule has 2 aliphatic rings. The molecule has 5 rings (SSSR count). The average Bonchev–Trinajstić information content (AvgIpc) is 3.44. The van der Waals surface area contributed by atoms with E-state index in [-0.39, 0.29) is 5.91 Å². The van der Waals surface area contributed by atoms with E-state index >= 15 is 0 Å². The van der Waals surface area contributed by atoms with Gasteiger partial charge in [0, 0.05) is 30.2 Å². The Labute approximate surface area is 165 Å². The molecule has 5 heteroatoms. The zero-order valence-electron chi connectivity index (χ0n) is 16.6. The molecular weight excluding hydrogens is 348 g/mol. The van der Waals surface area contributed by atoms with E-state index in [4.69, 9.17) is 4.98 Å². The molecule has 1 aliphatic heterocycles. The highest BCUT2D eigenvalue weighted by Gasteiger charge is 2.42. The van der Waals surface area contributed by atoms with Crippen LogP contribution in [0.2, 0.25) is 0 Å². The maximum absolute atomic E-state index is 13.7. The number of carbonyl (C=O) groups is 1. The van der Waals surface area contributed by atoms with Gasteiger partial charge < -0.3 is 4.90 Å². The SMILES string of the molecule is Cc1ccc2nc(-c3cn[nH]c3)c(C)c(C(=O)N3CCC4(CCCC4)C3)c2c1. The molecule has 0 radical (unpaired) electrons. The van der Waals surface area contributed by atoms with Crippen LogP contribution >= 0.6 is 0 Å². The van der Waals surface area contributed by atoms with E-state index < -0.39 is 0 Å². The van der Waals surface area contributed by atoms with Crippen LogP contribution in [0.15, 0.2) is 30.6 Å². The molecule has 3 heterocycles. The molecule has 1 aromatic carbocycles. The van der Waals surface area contributed by atoms with Crippen molar-refractivity contribution in [2.24, 2.45) is 5.41 Å². The summed E-state index contributed by atoms with van der Waals surface area (Å²) in [5.41, 5.74) is 5.89. The minimum Gasteiger partial charge on any atom is -0.338 e. The van der Waals surface area contributed by atoms with Gasteiger partial charge in [-0.3, -0.25) is 9.89 Å². The molecular formula is C23H26N4O. The number of hydrogen-bond acceptors (Lipinski definition) is 3. The number of likely N-dealkylation sites (tertiary alicyclic amines) is 1. The van der Waals surface area contributed by atoms with Crippen LogP contribution < -0.4 is 0 Å². The smallest absolute Gasteiger partial charge is 0.254 e. The van der Waals surface area contributed by atoms with Crippen molar-refractivity contribution >= 4 is 16.8 Å². The number of carbonyl (C=O) groups excluding carboxylic acids is 1. The van der Waals surface area contributed by atoms with Crippen molar-refractivity contribution in [1.82, 2.24) is 20.1 Å². The van der Waals surface area contributed by atoms with Crippen LogP contribution in [-0.2, 0) is 0 Å². The standard InChI is InChI=1S/C23H26N4O/c1-15-5-6-19-18(11-15)20(16(2)21(26-19)17-12-24-25-13-17)22(28)27-10-9-23(14-27)7-3-4-8-23/h5-6,11-13H,3-4,7-10,14H2,1-2H3,(H,24,25). The van der Waals surface area contributed by atoms with Gasteiger partial charge in [-0.05, 0) is 56.2 Å². The number of fused-ring (bicyclic) bond motifs is 1. The van der Waals surface area contributed by atoms with E-state index in [1.807, 2.05) is 19.2 Å². The largest absolute Gasteiger partial charge is 0.338 e. The number of aromatic nitrogens is 3. The van der Waals surface area contributed by atoms with Gasteiger partial charge in [0.1, 0.15) is 0 Å². The van der Waals surface area contributed by atoms with E-state index in [1.165, 1.54) is 25.7 Å². The number of rotatable bonds is 2. The second kappa shape index (κ2) is 6.43. The van der Waals surface area contributed by atoms with Crippen molar-refractivity contribution in [2.75, 3.05) is 13.1 Å². The van der Waals surface area contributed by atoms with Crippen molar-refractivity contribution in [2.45, 2.75) is 46.0 Å². The summed E-state index contributed by atoms with van der Waals surface area (Å²) in [5.74, 6) is 0.156. The molecule has 144 valence electrons. The van der Waals surface area contributed by atoms with Crippen LogP contribution in [-0.4, -0.2) is 39.1 Å². The average molecular weight is 374 g/mol. The number of aryl methyl sites for hydroxylation is 1. The number of amides is 1. The maximum Gasteiger partial charge on any atom is 0.254 e. The molecule has 2 aromatic heterocycles. The lowest BCUT2D eigenvalue weighted by molar-refractivity contribution is 0.0774. The Kier molecular flexibility index (Phi) is 4.00. The Morgan fingerprint density at radius 1 is 1.18 bits per heavy atom. The van der Waals surface area contributed by atoms with E-state index in [0.717, 1.165) is 58.4 Å². The second-order valence-corrected chi connectivity index (χ2v) is 8.65. The van der Waals surface area contributed by atoms with Gasteiger partial charge in [-0.2, -0.15) is 5.10 Å². The second-order valence-electron chi connectivity index (χ2n) is 8.65. The van der Waals surface area contributed by atoms with Gasteiger partial charge in [0.25, 0.3) is 5.91 Å². The van der Waals surface area contributed by atoms with Crippen LogP contribution in [0.5, 0.6) is 0 Å². The number of aromatic amines is 1. The first-order chi connectivity index (χ1) is 13.6. The van der Waals surface area contributed by atoms with Gasteiger partial charge in [0.15, 0.2) is 0 Å². The van der Waals surface area contributed by atoms with E-state index in [0.29, 0.717) is 5.41 Å². The van der Waals surface area contributed by atoms with Gasteiger partial charge in [-0.25, -0.2) is 4.98 Å². The molecule has 28 heavy (non-hydrogen) atoms. The molecule has 0 unspecified atom stereocenters. The summed E-state index contributed by atoms with van der Waals surface area (Å²) in [5, 5.41) is 7.90. The molecule has 5 nitrogen and oxygen atoms in total. The lowest BCUT2D eigenvalue weighted by Gasteiger charge is -2.24. The topological polar surface area (TPSA) is 61.9 Å². The quantitative estimate of drug-likeness (QED) is 0.710. The number of nitrogens with one attached hydrogen (secondary N) is 1. The normalized spacial score (nSPS) is 18.4. The third-order valence-electron chi connectivity index (χ3n) is 6.76. The van der Waals surface area contributed by atoms with E-state index in [1.54, 1.807) is 6.20 Å². The summed E-state index contributed by atoms with van der Waals surface area (Å²) in [4.78, 5) is 20.7. The highest BCUT2D eigenvalue weighted by molar-refractivity contribution is 6.09. The fourth-order valence-electron chi connectivity index (χ4n) is 5.21. The van der Waals surface area contributed by atoms with Gasteiger partial charge >= 0.3 is 0 Å². The minimum absolute atomic E-state index is 0.156. The molecule has 1 saturated carbocycles. The number of nitrogens with zero attached hydrogens (tertiary/aromatic N) is 3. The van der Waals surface area contributed by atoms with Gasteiger partial charge in [-0.1, -0.05) is 24.5 Å². The summed E-state index contributed by atoms with van der Waals surface area (Å²) in [6, 6.07) is 6.18. The summed E-state index contributed by atoms with van der Waals surface area (Å²) in [7, 11) is 0. The van der Waals surface area contributed by atoms with Crippen LogP contribution in [0.4, 0.5) is 0 Å². The molecule has 2 fully saturated rings. The first-order valence-corrected chi connectivity index (χ1v) is 10.3. The third-order valence-corrected chi connectivity index (χ3v) is 6.76. The molecule has 1 N–H and O–H groups in total. The Morgan fingerprint density at radius 3 is 2.75 bits per heavy atom. The predicted molar refractivity (Wildman–Crippen MR) is 110 cm³/mol. The van der Waals surface area contributed by atoms with Gasteiger partial charge in [0.05, 0.1) is 23.0 Å².